The fourth-order valence-electron chi connectivity index (χ4n) is 2.71. The summed E-state index contributed by atoms with van der Waals surface area (Å²) in [6.07, 6.45) is 0. The minimum atomic E-state index is -0.402. The Kier molecular flexibility index (Phi) is 6.03. The lowest BCUT2D eigenvalue weighted by Gasteiger charge is -2.38. The molecule has 1 saturated heterocycles. The van der Waals surface area contributed by atoms with Crippen molar-refractivity contribution in [3.63, 3.8) is 0 Å². The third-order valence-corrected chi connectivity index (χ3v) is 4.07. The summed E-state index contributed by atoms with van der Waals surface area (Å²) >= 11 is 0. The van der Waals surface area contributed by atoms with Crippen LogP contribution in [0.5, 0.6) is 11.5 Å². The lowest BCUT2D eigenvalue weighted by atomic mass is 10.1. The number of carbonyl (C=O) groups excluding carboxylic acids is 2. The number of carbonyl (C=O) groups is 2. The lowest BCUT2D eigenvalue weighted by Crippen LogP contribution is -2.57. The number of hydrogen-bond acceptors (Lipinski definition) is 6. The van der Waals surface area contributed by atoms with Crippen molar-refractivity contribution in [1.82, 2.24) is 4.90 Å². The number of methoxy groups -OCH3 is 2. The molecule has 1 fully saturated rings. The quantitative estimate of drug-likeness (QED) is 0.730. The monoisotopic (exact) mass is 336 g/mol. The van der Waals surface area contributed by atoms with E-state index < -0.39 is 6.04 Å². The van der Waals surface area contributed by atoms with Crippen LogP contribution in [0.25, 0.3) is 0 Å². The number of benzene rings is 1. The highest BCUT2D eigenvalue weighted by Gasteiger charge is 2.33. The zero-order valence-corrected chi connectivity index (χ0v) is 14.6. The van der Waals surface area contributed by atoms with Gasteiger partial charge in [-0.15, -0.1) is 0 Å². The molecule has 0 bridgehead atoms. The van der Waals surface area contributed by atoms with Gasteiger partial charge in [-0.3, -0.25) is 14.5 Å². The first-order valence-electron chi connectivity index (χ1n) is 7.94. The van der Waals surface area contributed by atoms with Crippen molar-refractivity contribution in [3.05, 3.63) is 18.2 Å². The summed E-state index contributed by atoms with van der Waals surface area (Å²) in [4.78, 5) is 27.9. The molecular formula is C17H24N2O5. The molecule has 1 aromatic rings. The Bertz CT molecular complexity index is 582. The average Bonchev–Trinajstić information content (AvgIpc) is 2.58. The number of piperazine rings is 1. The zero-order valence-electron chi connectivity index (χ0n) is 14.6. The molecular weight excluding hydrogens is 312 g/mol. The largest absolute Gasteiger partial charge is 0.497 e. The van der Waals surface area contributed by atoms with Gasteiger partial charge in [-0.2, -0.15) is 0 Å². The van der Waals surface area contributed by atoms with Gasteiger partial charge in [0, 0.05) is 31.3 Å². The molecule has 0 unspecified atom stereocenters. The van der Waals surface area contributed by atoms with Crippen LogP contribution in [0.3, 0.4) is 0 Å². The molecule has 1 heterocycles. The van der Waals surface area contributed by atoms with E-state index in [1.165, 1.54) is 0 Å². The molecule has 1 aromatic carbocycles. The first-order chi connectivity index (χ1) is 11.5. The number of nitrogens with zero attached hydrogens (tertiary/aromatic N) is 2. The van der Waals surface area contributed by atoms with Gasteiger partial charge < -0.3 is 19.1 Å². The Morgan fingerprint density at radius 1 is 1.17 bits per heavy atom. The van der Waals surface area contributed by atoms with Crippen molar-refractivity contribution in [2.24, 2.45) is 0 Å². The van der Waals surface area contributed by atoms with Gasteiger partial charge in [-0.25, -0.2) is 0 Å². The Morgan fingerprint density at radius 2 is 1.79 bits per heavy atom. The lowest BCUT2D eigenvalue weighted by molar-refractivity contribution is -0.145. The van der Waals surface area contributed by atoms with Crippen LogP contribution in [0.15, 0.2) is 18.2 Å². The van der Waals surface area contributed by atoms with Crippen molar-refractivity contribution < 1.29 is 23.8 Å². The van der Waals surface area contributed by atoms with E-state index in [2.05, 4.69) is 0 Å². The molecule has 0 radical (unpaired) electrons. The third-order valence-electron chi connectivity index (χ3n) is 4.07. The van der Waals surface area contributed by atoms with Crippen molar-refractivity contribution in [2.75, 3.05) is 45.4 Å². The van der Waals surface area contributed by atoms with Gasteiger partial charge in [0.2, 0.25) is 5.91 Å². The molecule has 132 valence electrons. The van der Waals surface area contributed by atoms with Crippen molar-refractivity contribution >= 4 is 17.6 Å². The molecule has 0 aliphatic carbocycles. The predicted molar refractivity (Wildman–Crippen MR) is 89.6 cm³/mol. The first-order valence-corrected chi connectivity index (χ1v) is 7.94. The summed E-state index contributed by atoms with van der Waals surface area (Å²) in [7, 11) is 3.14. The fourth-order valence-corrected chi connectivity index (χ4v) is 2.71. The van der Waals surface area contributed by atoms with E-state index in [1.54, 1.807) is 51.2 Å². The SMILES string of the molecule is CCOC(=O)CN1CCN(c2cc(OC)cc(OC)c2)C(=O)[C@H]1C. The zero-order chi connectivity index (χ0) is 17.7. The summed E-state index contributed by atoms with van der Waals surface area (Å²) in [5.41, 5.74) is 0.721. The van der Waals surface area contributed by atoms with Gasteiger partial charge in [0.05, 0.1) is 39.1 Å². The first kappa shape index (κ1) is 18.1. The van der Waals surface area contributed by atoms with Gasteiger partial charge in [-0.1, -0.05) is 0 Å². The van der Waals surface area contributed by atoms with Crippen LogP contribution >= 0.6 is 0 Å². The second kappa shape index (κ2) is 8.01. The Labute approximate surface area is 142 Å². The summed E-state index contributed by atoms with van der Waals surface area (Å²) < 4.78 is 15.5. The molecule has 0 aromatic heterocycles. The Morgan fingerprint density at radius 3 is 2.33 bits per heavy atom. The van der Waals surface area contributed by atoms with Gasteiger partial charge in [0.25, 0.3) is 0 Å². The maximum Gasteiger partial charge on any atom is 0.320 e. The standard InChI is InChI=1S/C17H24N2O5/c1-5-24-16(20)11-18-6-7-19(17(21)12(18)2)13-8-14(22-3)10-15(9-13)23-4/h8-10,12H,5-7,11H2,1-4H3/t12-/m1/s1. The Balaban J connectivity index is 2.15. The molecule has 7 nitrogen and oxygen atoms in total. The summed E-state index contributed by atoms with van der Waals surface area (Å²) in [6, 6.07) is 4.96. The summed E-state index contributed by atoms with van der Waals surface area (Å²) in [5, 5.41) is 0. The maximum atomic E-state index is 12.7. The van der Waals surface area contributed by atoms with Crippen molar-refractivity contribution in [3.8, 4) is 11.5 Å². The number of ether oxygens (including phenoxy) is 3. The molecule has 2 rings (SSSR count). The highest BCUT2D eigenvalue weighted by Crippen LogP contribution is 2.30. The van der Waals surface area contributed by atoms with E-state index in [0.717, 1.165) is 5.69 Å². The van der Waals surface area contributed by atoms with E-state index in [9.17, 15) is 9.59 Å². The molecule has 1 amide bonds. The highest BCUT2D eigenvalue weighted by atomic mass is 16.5. The topological polar surface area (TPSA) is 68.3 Å². The molecule has 24 heavy (non-hydrogen) atoms. The van der Waals surface area contributed by atoms with Crippen LogP contribution < -0.4 is 14.4 Å². The minimum absolute atomic E-state index is 0.0687. The molecule has 1 atom stereocenters. The van der Waals surface area contributed by atoms with Crippen LogP contribution in [0.1, 0.15) is 13.8 Å². The number of anilines is 1. The van der Waals surface area contributed by atoms with E-state index in [-0.39, 0.29) is 18.4 Å². The molecule has 0 spiro atoms. The average molecular weight is 336 g/mol. The minimum Gasteiger partial charge on any atom is -0.497 e. The second-order valence-corrected chi connectivity index (χ2v) is 5.51. The van der Waals surface area contributed by atoms with Gasteiger partial charge in [0.15, 0.2) is 0 Å². The molecule has 0 saturated carbocycles. The van der Waals surface area contributed by atoms with Crippen molar-refractivity contribution in [2.45, 2.75) is 19.9 Å². The maximum absolute atomic E-state index is 12.7. The third kappa shape index (κ3) is 3.97. The summed E-state index contributed by atoms with van der Waals surface area (Å²) in [6.45, 7) is 5.09. The molecule has 7 heteroatoms. The molecule has 1 aliphatic heterocycles. The Hall–Kier alpha value is -2.28. The number of amides is 1. The van der Waals surface area contributed by atoms with Gasteiger partial charge in [-0.05, 0) is 13.8 Å². The highest BCUT2D eigenvalue weighted by molar-refractivity contribution is 5.98. The van der Waals surface area contributed by atoms with E-state index >= 15 is 0 Å². The van der Waals surface area contributed by atoms with Crippen LogP contribution in [0, 0.1) is 0 Å². The smallest absolute Gasteiger partial charge is 0.320 e. The molecule has 1 aliphatic rings. The summed E-state index contributed by atoms with van der Waals surface area (Å²) in [5.74, 6) is 0.868. The van der Waals surface area contributed by atoms with Gasteiger partial charge >= 0.3 is 5.97 Å². The number of esters is 1. The van der Waals surface area contributed by atoms with Crippen LogP contribution in [0.4, 0.5) is 5.69 Å². The van der Waals surface area contributed by atoms with E-state index in [1.807, 2.05) is 4.90 Å². The van der Waals surface area contributed by atoms with Crippen molar-refractivity contribution in [1.29, 1.82) is 0 Å². The van der Waals surface area contributed by atoms with E-state index in [0.29, 0.717) is 31.2 Å². The van der Waals surface area contributed by atoms with Gasteiger partial charge in [0.1, 0.15) is 11.5 Å². The predicted octanol–water partition coefficient (Wildman–Crippen LogP) is 1.30. The van der Waals surface area contributed by atoms with E-state index in [4.69, 9.17) is 14.2 Å². The normalized spacial score (nSPS) is 18.4. The van der Waals surface area contributed by atoms with Crippen LogP contribution in [-0.4, -0.2) is 63.3 Å². The second-order valence-electron chi connectivity index (χ2n) is 5.51. The van der Waals surface area contributed by atoms with Crippen LogP contribution in [0.2, 0.25) is 0 Å². The number of rotatable bonds is 6. The number of hydrogen-bond donors (Lipinski definition) is 0. The van der Waals surface area contributed by atoms with Crippen LogP contribution in [-0.2, 0) is 14.3 Å². The molecule has 0 N–H and O–H groups in total. The fraction of sp³-hybridized carbons (Fsp3) is 0.529.